The van der Waals surface area contributed by atoms with Gasteiger partial charge in [0, 0.05) is 30.2 Å². The van der Waals surface area contributed by atoms with Crippen molar-refractivity contribution in [3.8, 4) is 17.2 Å². The summed E-state index contributed by atoms with van der Waals surface area (Å²) in [6.45, 7) is 2.16. The SMILES string of the molecule is CN(C)CCN(C(=O)COc1ccc(Cl)cc1)c1nc2cc3c(cc2s1)OCCO3.Cl. The number of carbonyl (C=O) groups excluding carboxylic acids is 1. The predicted molar refractivity (Wildman–Crippen MR) is 126 cm³/mol. The van der Waals surface area contributed by atoms with E-state index in [9.17, 15) is 4.79 Å². The van der Waals surface area contributed by atoms with E-state index in [1.807, 2.05) is 31.1 Å². The number of likely N-dealkylation sites (N-methyl/N-ethyl adjacent to an activating group) is 1. The van der Waals surface area contributed by atoms with Gasteiger partial charge in [-0.1, -0.05) is 22.9 Å². The van der Waals surface area contributed by atoms with Crippen LogP contribution in [-0.2, 0) is 4.79 Å². The zero-order valence-electron chi connectivity index (χ0n) is 17.2. The molecule has 0 unspecified atom stereocenters. The summed E-state index contributed by atoms with van der Waals surface area (Å²) in [5.74, 6) is 1.82. The number of benzene rings is 2. The van der Waals surface area contributed by atoms with Crippen LogP contribution in [-0.4, -0.2) is 62.8 Å². The molecule has 0 saturated carbocycles. The van der Waals surface area contributed by atoms with E-state index < -0.39 is 0 Å². The Balaban J connectivity index is 0.00000272. The summed E-state index contributed by atoms with van der Waals surface area (Å²) in [6.07, 6.45) is 0. The molecule has 0 N–H and O–H groups in total. The van der Waals surface area contributed by atoms with Crippen molar-refractivity contribution in [2.24, 2.45) is 0 Å². The van der Waals surface area contributed by atoms with Gasteiger partial charge in [0.05, 0.1) is 10.2 Å². The Morgan fingerprint density at radius 3 is 2.48 bits per heavy atom. The summed E-state index contributed by atoms with van der Waals surface area (Å²) in [4.78, 5) is 21.4. The van der Waals surface area contributed by atoms with Gasteiger partial charge in [-0.15, -0.1) is 12.4 Å². The summed E-state index contributed by atoms with van der Waals surface area (Å²) in [5, 5.41) is 1.24. The first kappa shape index (κ1) is 23.4. The highest BCUT2D eigenvalue weighted by Crippen LogP contribution is 2.38. The number of rotatable bonds is 7. The Morgan fingerprint density at radius 2 is 1.81 bits per heavy atom. The molecule has 1 amide bonds. The molecule has 7 nitrogen and oxygen atoms in total. The van der Waals surface area contributed by atoms with Gasteiger partial charge < -0.3 is 19.1 Å². The van der Waals surface area contributed by atoms with Crippen molar-refractivity contribution in [3.05, 3.63) is 41.4 Å². The van der Waals surface area contributed by atoms with Crippen molar-refractivity contribution in [1.29, 1.82) is 0 Å². The summed E-state index contributed by atoms with van der Waals surface area (Å²) in [7, 11) is 3.93. The third-order valence-electron chi connectivity index (χ3n) is 4.52. The zero-order valence-corrected chi connectivity index (χ0v) is 19.6. The van der Waals surface area contributed by atoms with Crippen LogP contribution in [0.1, 0.15) is 0 Å². The number of hydrogen-bond acceptors (Lipinski definition) is 7. The van der Waals surface area contributed by atoms with Crippen molar-refractivity contribution < 1.29 is 19.0 Å². The van der Waals surface area contributed by atoms with Crippen molar-refractivity contribution in [3.63, 3.8) is 0 Å². The van der Waals surface area contributed by atoms with Gasteiger partial charge in [-0.05, 0) is 38.4 Å². The molecule has 4 rings (SSSR count). The maximum Gasteiger partial charge on any atom is 0.266 e. The Morgan fingerprint density at radius 1 is 1.13 bits per heavy atom. The van der Waals surface area contributed by atoms with Crippen LogP contribution in [0.2, 0.25) is 5.02 Å². The van der Waals surface area contributed by atoms with Crippen LogP contribution >= 0.6 is 35.3 Å². The average Bonchev–Trinajstić information content (AvgIpc) is 3.13. The highest BCUT2D eigenvalue weighted by Gasteiger charge is 2.22. The molecule has 0 spiro atoms. The molecule has 10 heteroatoms. The van der Waals surface area contributed by atoms with E-state index in [1.165, 1.54) is 11.3 Å². The number of nitrogens with zero attached hydrogens (tertiary/aromatic N) is 3. The third kappa shape index (κ3) is 5.71. The van der Waals surface area contributed by atoms with Crippen LogP contribution in [0.5, 0.6) is 17.2 Å². The Labute approximate surface area is 195 Å². The van der Waals surface area contributed by atoms with Crippen LogP contribution in [0.15, 0.2) is 36.4 Å². The summed E-state index contributed by atoms with van der Waals surface area (Å²) in [6, 6.07) is 10.7. The van der Waals surface area contributed by atoms with Gasteiger partial charge in [0.2, 0.25) is 0 Å². The molecule has 1 aliphatic heterocycles. The molecule has 166 valence electrons. The number of halogens is 2. The summed E-state index contributed by atoms with van der Waals surface area (Å²) in [5.41, 5.74) is 0.778. The molecule has 2 heterocycles. The van der Waals surface area contributed by atoms with Crippen molar-refractivity contribution in [2.45, 2.75) is 0 Å². The Hall–Kier alpha value is -2.26. The van der Waals surface area contributed by atoms with Gasteiger partial charge in [-0.25, -0.2) is 4.98 Å². The monoisotopic (exact) mass is 483 g/mol. The van der Waals surface area contributed by atoms with Crippen LogP contribution in [0, 0.1) is 0 Å². The largest absolute Gasteiger partial charge is 0.486 e. The fourth-order valence-corrected chi connectivity index (χ4v) is 4.09. The molecule has 0 radical (unpaired) electrons. The second kappa shape index (κ2) is 10.4. The third-order valence-corrected chi connectivity index (χ3v) is 5.81. The molecule has 1 aromatic heterocycles. The second-order valence-corrected chi connectivity index (χ2v) is 8.50. The molecule has 0 aliphatic carbocycles. The van der Waals surface area contributed by atoms with E-state index in [-0.39, 0.29) is 24.9 Å². The van der Waals surface area contributed by atoms with Crippen molar-refractivity contribution in [2.75, 3.05) is 51.9 Å². The molecular formula is C21H23Cl2N3O4S. The first-order chi connectivity index (χ1) is 14.5. The fourth-order valence-electron chi connectivity index (χ4n) is 2.95. The molecule has 0 saturated heterocycles. The lowest BCUT2D eigenvalue weighted by Crippen LogP contribution is -2.39. The van der Waals surface area contributed by atoms with E-state index in [0.29, 0.717) is 53.7 Å². The molecular weight excluding hydrogens is 461 g/mol. The minimum Gasteiger partial charge on any atom is -0.486 e. The Bertz CT molecular complexity index is 1000. The normalized spacial score (nSPS) is 12.5. The molecule has 31 heavy (non-hydrogen) atoms. The topological polar surface area (TPSA) is 64.1 Å². The number of thiazole rings is 1. The molecule has 0 fully saturated rings. The van der Waals surface area contributed by atoms with E-state index in [2.05, 4.69) is 4.98 Å². The van der Waals surface area contributed by atoms with E-state index in [4.69, 9.17) is 25.8 Å². The van der Waals surface area contributed by atoms with E-state index in [0.717, 1.165) is 10.2 Å². The maximum absolute atomic E-state index is 13.0. The predicted octanol–water partition coefficient (Wildman–Crippen LogP) is 4.12. The lowest BCUT2D eigenvalue weighted by Gasteiger charge is -2.22. The number of aromatic nitrogens is 1. The van der Waals surface area contributed by atoms with Gasteiger partial charge >= 0.3 is 0 Å². The van der Waals surface area contributed by atoms with Gasteiger partial charge in [0.15, 0.2) is 23.2 Å². The summed E-state index contributed by atoms with van der Waals surface area (Å²) < 4.78 is 17.9. The first-order valence-corrected chi connectivity index (χ1v) is 10.7. The highest BCUT2D eigenvalue weighted by molar-refractivity contribution is 7.22. The van der Waals surface area contributed by atoms with Gasteiger partial charge in [-0.3, -0.25) is 9.69 Å². The number of fused-ring (bicyclic) bond motifs is 2. The maximum atomic E-state index is 13.0. The van der Waals surface area contributed by atoms with Crippen LogP contribution in [0.25, 0.3) is 10.2 Å². The summed E-state index contributed by atoms with van der Waals surface area (Å²) >= 11 is 7.35. The average molecular weight is 484 g/mol. The zero-order chi connectivity index (χ0) is 21.1. The molecule has 0 bridgehead atoms. The van der Waals surface area contributed by atoms with E-state index >= 15 is 0 Å². The van der Waals surface area contributed by atoms with Crippen LogP contribution in [0.4, 0.5) is 5.13 Å². The van der Waals surface area contributed by atoms with Crippen molar-refractivity contribution in [1.82, 2.24) is 9.88 Å². The molecule has 0 atom stereocenters. The number of amides is 1. The van der Waals surface area contributed by atoms with Crippen LogP contribution in [0.3, 0.4) is 0 Å². The second-order valence-electron chi connectivity index (χ2n) is 7.05. The highest BCUT2D eigenvalue weighted by atomic mass is 35.5. The van der Waals surface area contributed by atoms with Gasteiger partial charge in [-0.2, -0.15) is 0 Å². The standard InChI is InChI=1S/C21H22ClN3O4S.ClH/c1-24(2)7-8-25(20(26)13-29-15-5-3-14(22)4-6-15)21-23-16-11-17-18(12-19(16)30-21)28-10-9-27-17;/h3-6,11-12H,7-10,13H2,1-2H3;1H. The minimum absolute atomic E-state index is 0. The van der Waals surface area contributed by atoms with Gasteiger partial charge in [0.1, 0.15) is 19.0 Å². The smallest absolute Gasteiger partial charge is 0.266 e. The quantitative estimate of drug-likeness (QED) is 0.503. The first-order valence-electron chi connectivity index (χ1n) is 9.53. The van der Waals surface area contributed by atoms with Crippen LogP contribution < -0.4 is 19.1 Å². The minimum atomic E-state index is -0.164. The number of hydrogen-bond donors (Lipinski definition) is 0. The molecule has 2 aromatic carbocycles. The van der Waals surface area contributed by atoms with Gasteiger partial charge in [0.25, 0.3) is 5.91 Å². The Kier molecular flexibility index (Phi) is 7.83. The number of carbonyl (C=O) groups is 1. The molecule has 3 aromatic rings. The lowest BCUT2D eigenvalue weighted by atomic mass is 10.3. The lowest BCUT2D eigenvalue weighted by molar-refractivity contribution is -0.120. The number of ether oxygens (including phenoxy) is 3. The fraction of sp³-hybridized carbons (Fsp3) is 0.333. The van der Waals surface area contributed by atoms with Crippen molar-refractivity contribution >= 4 is 56.6 Å². The number of anilines is 1. The van der Waals surface area contributed by atoms with E-state index in [1.54, 1.807) is 29.2 Å². The molecule has 1 aliphatic rings.